The fraction of sp³-hybridized carbons (Fsp3) is 1.00. The second-order valence-electron chi connectivity index (χ2n) is 5.43. The maximum atomic E-state index is 9.84. The first kappa shape index (κ1) is 17.9. The smallest absolute Gasteiger partial charge is 0.189 e. The van der Waals surface area contributed by atoms with Crippen molar-refractivity contribution in [3.8, 4) is 0 Å². The predicted molar refractivity (Wildman–Crippen MR) is 67.2 cm³/mol. The Labute approximate surface area is 126 Å². The van der Waals surface area contributed by atoms with E-state index in [1.807, 2.05) is 0 Å². The fourth-order valence-electron chi connectivity index (χ4n) is 2.46. The predicted octanol–water partition coefficient (Wildman–Crippen LogP) is -4.37. The van der Waals surface area contributed by atoms with Crippen LogP contribution in [0.5, 0.6) is 0 Å². The second-order valence-corrected chi connectivity index (χ2v) is 5.43. The molecule has 0 spiro atoms. The lowest BCUT2D eigenvalue weighted by Gasteiger charge is -2.43. The molecular weight excluding hydrogens is 304 g/mol. The van der Waals surface area contributed by atoms with E-state index in [9.17, 15) is 25.5 Å². The Balaban J connectivity index is 2.02. The van der Waals surface area contributed by atoms with Gasteiger partial charge in [0.1, 0.15) is 36.6 Å². The summed E-state index contributed by atoms with van der Waals surface area (Å²) < 4.78 is 15.5. The van der Waals surface area contributed by atoms with E-state index in [-0.39, 0.29) is 6.42 Å². The molecule has 7 N–H and O–H groups in total. The molecule has 10 heteroatoms. The first-order chi connectivity index (χ1) is 10.4. The van der Waals surface area contributed by atoms with Gasteiger partial charge in [-0.25, -0.2) is 0 Å². The molecule has 2 fully saturated rings. The standard InChI is InChI=1S/C12H22O10/c13-2-6-4(15)1-5(16)11(20-6)22-12-10(19)9(18)8(17)7(3-14)21-12/h4-19H,1-3H2/t4-,5-,6+,7+,8+,9-,10-,11+,12+/m0/s1. The van der Waals surface area contributed by atoms with Crippen LogP contribution in [0.15, 0.2) is 0 Å². The van der Waals surface area contributed by atoms with E-state index in [0.717, 1.165) is 0 Å². The molecule has 2 saturated heterocycles. The average molecular weight is 326 g/mol. The molecule has 0 radical (unpaired) electrons. The minimum absolute atomic E-state index is 0.118. The van der Waals surface area contributed by atoms with Crippen LogP contribution in [0.2, 0.25) is 0 Å². The number of ether oxygens (including phenoxy) is 3. The molecule has 0 amide bonds. The fourth-order valence-corrected chi connectivity index (χ4v) is 2.46. The van der Waals surface area contributed by atoms with E-state index in [1.165, 1.54) is 0 Å². The number of rotatable bonds is 4. The van der Waals surface area contributed by atoms with Gasteiger partial charge in [0.25, 0.3) is 0 Å². The minimum Gasteiger partial charge on any atom is -0.394 e. The van der Waals surface area contributed by atoms with Crippen molar-refractivity contribution in [2.45, 2.75) is 61.7 Å². The van der Waals surface area contributed by atoms with Gasteiger partial charge in [0.2, 0.25) is 0 Å². The number of hydrogen-bond donors (Lipinski definition) is 7. The zero-order valence-electron chi connectivity index (χ0n) is 11.7. The second kappa shape index (κ2) is 7.45. The largest absolute Gasteiger partial charge is 0.394 e. The third-order valence-electron chi connectivity index (χ3n) is 3.83. The summed E-state index contributed by atoms with van der Waals surface area (Å²) in [6.07, 6.45) is -12.1. The van der Waals surface area contributed by atoms with E-state index in [0.29, 0.717) is 0 Å². The van der Waals surface area contributed by atoms with Crippen molar-refractivity contribution in [2.24, 2.45) is 0 Å². The highest BCUT2D eigenvalue weighted by Crippen LogP contribution is 2.27. The maximum Gasteiger partial charge on any atom is 0.189 e. The lowest BCUT2D eigenvalue weighted by molar-refractivity contribution is -0.366. The summed E-state index contributed by atoms with van der Waals surface area (Å²) in [5.74, 6) is 0. The van der Waals surface area contributed by atoms with E-state index in [2.05, 4.69) is 0 Å². The van der Waals surface area contributed by atoms with Crippen LogP contribution in [0, 0.1) is 0 Å². The molecular formula is C12H22O10. The monoisotopic (exact) mass is 326 g/mol. The summed E-state index contributed by atoms with van der Waals surface area (Å²) >= 11 is 0. The third-order valence-corrected chi connectivity index (χ3v) is 3.83. The van der Waals surface area contributed by atoms with Gasteiger partial charge in [0.05, 0.1) is 19.3 Å². The number of aliphatic hydroxyl groups is 7. The normalized spacial score (nSPS) is 50.0. The molecule has 10 nitrogen and oxygen atoms in total. The molecule has 0 aliphatic carbocycles. The van der Waals surface area contributed by atoms with Crippen molar-refractivity contribution in [3.05, 3.63) is 0 Å². The molecule has 130 valence electrons. The first-order valence-electron chi connectivity index (χ1n) is 6.97. The average Bonchev–Trinajstić information content (AvgIpc) is 2.50. The van der Waals surface area contributed by atoms with E-state index in [4.69, 9.17) is 24.4 Å². The summed E-state index contributed by atoms with van der Waals surface area (Å²) in [6, 6.07) is 0. The van der Waals surface area contributed by atoms with Crippen molar-refractivity contribution in [2.75, 3.05) is 13.2 Å². The van der Waals surface area contributed by atoms with Gasteiger partial charge in [-0.05, 0) is 0 Å². The topological polar surface area (TPSA) is 169 Å². The quantitative estimate of drug-likeness (QED) is 0.268. The first-order valence-corrected chi connectivity index (χ1v) is 6.97. The zero-order chi connectivity index (χ0) is 16.4. The van der Waals surface area contributed by atoms with Gasteiger partial charge in [-0.15, -0.1) is 0 Å². The number of hydrogen-bond acceptors (Lipinski definition) is 10. The summed E-state index contributed by atoms with van der Waals surface area (Å²) in [6.45, 7) is -1.11. The van der Waals surface area contributed by atoms with Crippen LogP contribution in [0.3, 0.4) is 0 Å². The summed E-state index contributed by atoms with van der Waals surface area (Å²) in [5.41, 5.74) is 0. The van der Waals surface area contributed by atoms with Crippen LogP contribution in [-0.2, 0) is 14.2 Å². The van der Waals surface area contributed by atoms with Crippen molar-refractivity contribution >= 4 is 0 Å². The summed E-state index contributed by atoms with van der Waals surface area (Å²) in [4.78, 5) is 0. The SMILES string of the molecule is OC[C@H]1O[C@H](O[C@H]2O[C@H](CO)[C@@H](O)C[C@@H]2O)[C@@H](O)[C@@H](O)[C@@H]1O. The molecule has 0 bridgehead atoms. The molecule has 0 saturated carbocycles. The lowest BCUT2D eigenvalue weighted by atomic mass is 9.99. The Hall–Kier alpha value is -0.400. The number of aliphatic hydroxyl groups excluding tert-OH is 7. The molecule has 2 rings (SSSR count). The van der Waals surface area contributed by atoms with E-state index >= 15 is 0 Å². The van der Waals surface area contributed by atoms with Crippen LogP contribution >= 0.6 is 0 Å². The van der Waals surface area contributed by atoms with Gasteiger partial charge >= 0.3 is 0 Å². The summed E-state index contributed by atoms with van der Waals surface area (Å²) in [5, 5.41) is 66.7. The van der Waals surface area contributed by atoms with Crippen LogP contribution in [0.1, 0.15) is 6.42 Å². The Morgan fingerprint density at radius 2 is 1.32 bits per heavy atom. The Kier molecular flexibility index (Phi) is 6.07. The zero-order valence-corrected chi connectivity index (χ0v) is 11.7. The lowest BCUT2D eigenvalue weighted by Crippen LogP contribution is -2.61. The van der Waals surface area contributed by atoms with Gasteiger partial charge in [0.15, 0.2) is 12.6 Å². The molecule has 0 unspecified atom stereocenters. The van der Waals surface area contributed by atoms with Crippen molar-refractivity contribution in [1.82, 2.24) is 0 Å². The highest BCUT2D eigenvalue weighted by atomic mass is 16.8. The molecule has 9 atom stereocenters. The Morgan fingerprint density at radius 3 is 1.91 bits per heavy atom. The van der Waals surface area contributed by atoms with Gasteiger partial charge < -0.3 is 50.0 Å². The minimum atomic E-state index is -1.63. The Bertz CT molecular complexity index is 353. The molecule has 0 aromatic rings. The molecule has 2 heterocycles. The van der Waals surface area contributed by atoms with E-state index in [1.54, 1.807) is 0 Å². The molecule has 0 aromatic heterocycles. The van der Waals surface area contributed by atoms with Crippen molar-refractivity contribution in [1.29, 1.82) is 0 Å². The van der Waals surface area contributed by atoms with Gasteiger partial charge in [-0.3, -0.25) is 0 Å². The van der Waals surface area contributed by atoms with Crippen LogP contribution in [0.25, 0.3) is 0 Å². The van der Waals surface area contributed by atoms with E-state index < -0.39 is 68.5 Å². The third kappa shape index (κ3) is 3.57. The van der Waals surface area contributed by atoms with Crippen molar-refractivity contribution < 1.29 is 50.0 Å². The van der Waals surface area contributed by atoms with Crippen molar-refractivity contribution in [3.63, 3.8) is 0 Å². The van der Waals surface area contributed by atoms with Gasteiger partial charge in [0, 0.05) is 6.42 Å². The molecule has 2 aliphatic heterocycles. The molecule has 22 heavy (non-hydrogen) atoms. The van der Waals surface area contributed by atoms with Crippen LogP contribution in [-0.4, -0.2) is 104 Å². The Morgan fingerprint density at radius 1 is 0.727 bits per heavy atom. The van der Waals surface area contributed by atoms with Crippen LogP contribution in [0.4, 0.5) is 0 Å². The molecule has 2 aliphatic rings. The van der Waals surface area contributed by atoms with Crippen LogP contribution < -0.4 is 0 Å². The van der Waals surface area contributed by atoms with Gasteiger partial charge in [-0.1, -0.05) is 0 Å². The highest BCUT2D eigenvalue weighted by Gasteiger charge is 2.47. The highest BCUT2D eigenvalue weighted by molar-refractivity contribution is 4.90. The van der Waals surface area contributed by atoms with Gasteiger partial charge in [-0.2, -0.15) is 0 Å². The molecule has 0 aromatic carbocycles. The summed E-state index contributed by atoms with van der Waals surface area (Å²) in [7, 11) is 0. The maximum absolute atomic E-state index is 9.84.